The number of methoxy groups -OCH3 is 1. The highest BCUT2D eigenvalue weighted by molar-refractivity contribution is 6.40. The highest BCUT2D eigenvalue weighted by Crippen LogP contribution is 2.45. The van der Waals surface area contributed by atoms with E-state index in [-0.39, 0.29) is 63.4 Å². The number of ether oxygens (including phenoxy) is 3. The fourth-order valence-electron chi connectivity index (χ4n) is 8.32. The van der Waals surface area contributed by atoms with Gasteiger partial charge in [-0.2, -0.15) is 0 Å². The molecule has 5 heterocycles. The number of carbonyl (C=O) groups excluding carboxylic acids is 1. The van der Waals surface area contributed by atoms with Crippen LogP contribution in [-0.2, 0) is 16.0 Å². The zero-order valence-corrected chi connectivity index (χ0v) is 28.6. The van der Waals surface area contributed by atoms with Gasteiger partial charge in [-0.1, -0.05) is 41.4 Å². The third-order valence-electron chi connectivity index (χ3n) is 10.6. The molecular formula is C36H37Cl2FN4O6. The van der Waals surface area contributed by atoms with E-state index in [1.54, 1.807) is 37.4 Å². The Kier molecular flexibility index (Phi) is 8.39. The van der Waals surface area contributed by atoms with Gasteiger partial charge in [0.25, 0.3) is 5.91 Å². The van der Waals surface area contributed by atoms with E-state index in [4.69, 9.17) is 37.4 Å². The summed E-state index contributed by atoms with van der Waals surface area (Å²) in [7, 11) is 1.72. The number of aromatic carboxylic acids is 1. The molecule has 258 valence electrons. The summed E-state index contributed by atoms with van der Waals surface area (Å²) in [5.74, 6) is -1.77. The molecule has 3 aromatic carbocycles. The molecule has 49 heavy (non-hydrogen) atoms. The van der Waals surface area contributed by atoms with E-state index in [0.29, 0.717) is 35.8 Å². The van der Waals surface area contributed by atoms with E-state index in [1.807, 2.05) is 6.07 Å². The lowest BCUT2D eigenvalue weighted by molar-refractivity contribution is -0.0327. The Morgan fingerprint density at radius 2 is 1.73 bits per heavy atom. The van der Waals surface area contributed by atoms with E-state index in [1.165, 1.54) is 4.90 Å². The van der Waals surface area contributed by atoms with Crippen molar-refractivity contribution in [3.63, 3.8) is 0 Å². The lowest BCUT2D eigenvalue weighted by Crippen LogP contribution is -2.72. The predicted octanol–water partition coefficient (Wildman–Crippen LogP) is 5.63. The maximum atomic E-state index is 15.7. The second kappa shape index (κ2) is 12.6. The fraction of sp³-hybridized carbons (Fsp3) is 0.444. The van der Waals surface area contributed by atoms with Gasteiger partial charge in [-0.25, -0.2) is 9.18 Å². The number of likely N-dealkylation sites (tertiary alicyclic amines) is 1. The lowest BCUT2D eigenvalue weighted by Gasteiger charge is -2.61. The maximum absolute atomic E-state index is 15.7. The van der Waals surface area contributed by atoms with Crippen LogP contribution in [0.1, 0.15) is 39.1 Å². The summed E-state index contributed by atoms with van der Waals surface area (Å²) in [6.45, 7) is 6.66. The minimum atomic E-state index is -1.19. The molecule has 4 fully saturated rings. The zero-order chi connectivity index (χ0) is 34.0. The van der Waals surface area contributed by atoms with Gasteiger partial charge in [0.05, 0.1) is 65.3 Å². The molecule has 2 bridgehead atoms. The van der Waals surface area contributed by atoms with Crippen molar-refractivity contribution in [3.8, 4) is 16.9 Å². The largest absolute Gasteiger partial charge is 0.478 e. The molecule has 2 unspecified atom stereocenters. The molecule has 1 N–H and O–H groups in total. The average Bonchev–Trinajstić information content (AvgIpc) is 3.29. The van der Waals surface area contributed by atoms with Crippen molar-refractivity contribution in [3.05, 3.63) is 75.0 Å². The normalized spacial score (nSPS) is 22.4. The number of para-hydroxylation sites is 1. The molecule has 0 radical (unpaired) electrons. The SMILES string of the molecule is COCCN1CC2(C1)CN(c1cc(Cl)c(C(=O)N3COc4c(cccc4-c4cc(N5C6CCC5COC6)c(C(=O)O)cc4F)C3)c(Cl)c1)C2. The number of benzene rings is 3. The number of rotatable bonds is 8. The monoisotopic (exact) mass is 710 g/mol. The third-order valence-corrected chi connectivity index (χ3v) is 11.2. The standard InChI is InChI=1S/C36H37Cl2FN4O6/c1-47-8-7-40-16-36(17-40)18-42(19-36)24-9-28(37)32(29(38)10-24)34(44)41-13-21-3-2-4-25(33(21)49-20-41)26-12-31(27(35(45)46)11-30(26)39)43-22-5-6-23(43)15-48-14-22/h2-4,9-12,22-23H,5-8,13-20H2,1H3,(H,45,46). The fourth-order valence-corrected chi connectivity index (χ4v) is 8.96. The van der Waals surface area contributed by atoms with Crippen molar-refractivity contribution < 1.29 is 33.3 Å². The number of morpholine rings is 1. The van der Waals surface area contributed by atoms with E-state index >= 15 is 4.39 Å². The van der Waals surface area contributed by atoms with Gasteiger partial charge in [0.1, 0.15) is 11.6 Å². The van der Waals surface area contributed by atoms with Crippen molar-refractivity contribution >= 4 is 46.5 Å². The zero-order valence-electron chi connectivity index (χ0n) is 27.1. The molecule has 4 saturated heterocycles. The Labute approximate surface area is 293 Å². The summed E-state index contributed by atoms with van der Waals surface area (Å²) >= 11 is 13.4. The van der Waals surface area contributed by atoms with Gasteiger partial charge in [0, 0.05) is 67.6 Å². The van der Waals surface area contributed by atoms with Crippen LogP contribution in [0.25, 0.3) is 11.1 Å². The van der Waals surface area contributed by atoms with E-state index in [0.717, 1.165) is 63.9 Å². The van der Waals surface area contributed by atoms with Gasteiger partial charge in [0.15, 0.2) is 6.73 Å². The molecule has 0 aliphatic carbocycles. The second-order valence-electron chi connectivity index (χ2n) is 13.9. The van der Waals surface area contributed by atoms with Crippen molar-refractivity contribution in [1.29, 1.82) is 0 Å². The molecule has 10 nitrogen and oxygen atoms in total. The van der Waals surface area contributed by atoms with E-state index in [9.17, 15) is 14.7 Å². The Hall–Kier alpha value is -3.61. The number of nitrogens with zero attached hydrogens (tertiary/aromatic N) is 4. The van der Waals surface area contributed by atoms with Gasteiger partial charge in [0.2, 0.25) is 0 Å². The molecule has 0 aromatic heterocycles. The number of carbonyl (C=O) groups is 2. The van der Waals surface area contributed by atoms with Crippen molar-refractivity contribution in [2.45, 2.75) is 31.5 Å². The molecule has 5 aliphatic rings. The first kappa shape index (κ1) is 32.6. The third kappa shape index (κ3) is 5.69. The molecule has 0 saturated carbocycles. The minimum Gasteiger partial charge on any atom is -0.478 e. The Bertz CT molecular complexity index is 1790. The Balaban J connectivity index is 1.01. The van der Waals surface area contributed by atoms with Gasteiger partial charge in [-0.05, 0) is 37.1 Å². The first-order valence-electron chi connectivity index (χ1n) is 16.6. The highest BCUT2D eigenvalue weighted by atomic mass is 35.5. The highest BCUT2D eigenvalue weighted by Gasteiger charge is 2.51. The molecular weight excluding hydrogens is 674 g/mol. The van der Waals surface area contributed by atoms with Crippen LogP contribution >= 0.6 is 23.2 Å². The maximum Gasteiger partial charge on any atom is 0.337 e. The molecule has 3 aromatic rings. The smallest absolute Gasteiger partial charge is 0.337 e. The van der Waals surface area contributed by atoms with Crippen LogP contribution in [0.2, 0.25) is 10.0 Å². The topological polar surface area (TPSA) is 95.0 Å². The number of fused-ring (bicyclic) bond motifs is 3. The Morgan fingerprint density at radius 3 is 2.41 bits per heavy atom. The van der Waals surface area contributed by atoms with Crippen LogP contribution in [0.3, 0.4) is 0 Å². The second-order valence-corrected chi connectivity index (χ2v) is 14.7. The average molecular weight is 712 g/mol. The number of anilines is 2. The first-order valence-corrected chi connectivity index (χ1v) is 17.3. The molecule has 1 spiro atoms. The van der Waals surface area contributed by atoms with Crippen LogP contribution in [-0.4, -0.2) is 105 Å². The van der Waals surface area contributed by atoms with Crippen LogP contribution in [0.5, 0.6) is 5.75 Å². The van der Waals surface area contributed by atoms with Crippen molar-refractivity contribution in [2.75, 3.05) is 76.2 Å². The quantitative estimate of drug-likeness (QED) is 0.320. The summed E-state index contributed by atoms with van der Waals surface area (Å²) in [5.41, 5.74) is 3.18. The summed E-state index contributed by atoms with van der Waals surface area (Å²) < 4.78 is 32.8. The minimum absolute atomic E-state index is 0.0332. The van der Waals surface area contributed by atoms with Crippen LogP contribution in [0, 0.1) is 11.2 Å². The van der Waals surface area contributed by atoms with Gasteiger partial charge < -0.3 is 34.0 Å². The van der Waals surface area contributed by atoms with Crippen LogP contribution in [0.4, 0.5) is 15.8 Å². The molecule has 5 aliphatic heterocycles. The van der Waals surface area contributed by atoms with Gasteiger partial charge in [-0.15, -0.1) is 0 Å². The van der Waals surface area contributed by atoms with Gasteiger partial charge >= 0.3 is 5.97 Å². The molecule has 13 heteroatoms. The summed E-state index contributed by atoms with van der Waals surface area (Å²) in [5, 5.41) is 10.5. The predicted molar refractivity (Wildman–Crippen MR) is 184 cm³/mol. The summed E-state index contributed by atoms with van der Waals surface area (Å²) in [6, 6.07) is 11.7. The summed E-state index contributed by atoms with van der Waals surface area (Å²) in [4.78, 5) is 34.3. The summed E-state index contributed by atoms with van der Waals surface area (Å²) in [6.07, 6.45) is 1.77. The molecule has 8 rings (SSSR count). The van der Waals surface area contributed by atoms with Crippen LogP contribution in [0.15, 0.2) is 42.5 Å². The molecule has 2 atom stereocenters. The van der Waals surface area contributed by atoms with E-state index < -0.39 is 11.8 Å². The van der Waals surface area contributed by atoms with Gasteiger partial charge in [-0.3, -0.25) is 9.69 Å². The number of carboxylic acid groups (broad SMARTS) is 1. The number of carboxylic acids is 1. The van der Waals surface area contributed by atoms with Crippen molar-refractivity contribution in [1.82, 2.24) is 9.80 Å². The number of hydrogen-bond donors (Lipinski definition) is 1. The first-order chi connectivity index (χ1) is 23.6. The number of halogens is 3. The molecule has 1 amide bonds. The van der Waals surface area contributed by atoms with E-state index in [2.05, 4.69) is 14.7 Å². The lowest BCUT2D eigenvalue weighted by atomic mass is 9.72. The number of hydrogen-bond acceptors (Lipinski definition) is 8. The van der Waals surface area contributed by atoms with Crippen molar-refractivity contribution in [2.24, 2.45) is 5.41 Å². The van der Waals surface area contributed by atoms with Crippen LogP contribution < -0.4 is 14.5 Å². The number of amides is 1. The Morgan fingerprint density at radius 1 is 1.02 bits per heavy atom.